The molecule has 0 heterocycles. The topological polar surface area (TPSA) is 61.8 Å². The summed E-state index contributed by atoms with van der Waals surface area (Å²) in [5.74, 6) is 0.127. The second-order valence-corrected chi connectivity index (χ2v) is 11.9. The van der Waals surface area contributed by atoms with E-state index < -0.39 is 28.4 Å². The van der Waals surface area contributed by atoms with Crippen LogP contribution in [0.15, 0.2) is 48.5 Å². The Bertz CT molecular complexity index is 1160. The number of benzene rings is 2. The maximum atomic E-state index is 14.6. The SMILES string of the molecule is CC1(Oc2cc(C(=O)OC34CC5CC(C3)CC(C(=O)Oc3ccccc3)(C5)C4)ccc2F)CCCC1. The van der Waals surface area contributed by atoms with E-state index in [0.717, 1.165) is 57.8 Å². The van der Waals surface area contributed by atoms with E-state index in [1.807, 2.05) is 25.1 Å². The van der Waals surface area contributed by atoms with Crippen molar-refractivity contribution in [3.8, 4) is 11.5 Å². The van der Waals surface area contributed by atoms with Crippen molar-refractivity contribution in [2.24, 2.45) is 17.3 Å². The largest absolute Gasteiger partial charge is 0.484 e. The van der Waals surface area contributed by atoms with E-state index in [-0.39, 0.29) is 17.3 Å². The molecule has 2 unspecified atom stereocenters. The first-order valence-electron chi connectivity index (χ1n) is 13.2. The maximum Gasteiger partial charge on any atom is 0.338 e. The number of esters is 2. The fourth-order valence-electron chi connectivity index (χ4n) is 7.70. The van der Waals surface area contributed by atoms with Crippen LogP contribution in [0.2, 0.25) is 0 Å². The number of ether oxygens (including phenoxy) is 3. The lowest BCUT2D eigenvalue weighted by molar-refractivity contribution is -0.189. The van der Waals surface area contributed by atoms with Gasteiger partial charge in [0.05, 0.1) is 11.0 Å². The van der Waals surface area contributed by atoms with Crippen LogP contribution in [0.1, 0.15) is 81.5 Å². The van der Waals surface area contributed by atoms with Gasteiger partial charge in [-0.2, -0.15) is 0 Å². The van der Waals surface area contributed by atoms with Crippen LogP contribution in [0.3, 0.4) is 0 Å². The summed E-state index contributed by atoms with van der Waals surface area (Å²) in [7, 11) is 0. The fraction of sp³-hybridized carbons (Fsp3) is 0.533. The molecule has 5 nitrogen and oxygen atoms in total. The van der Waals surface area contributed by atoms with Crippen LogP contribution < -0.4 is 9.47 Å². The lowest BCUT2D eigenvalue weighted by Crippen LogP contribution is -2.60. The summed E-state index contributed by atoms with van der Waals surface area (Å²) in [6.07, 6.45) is 8.47. The summed E-state index contributed by atoms with van der Waals surface area (Å²) in [5.41, 5.74) is -1.45. The first-order valence-corrected chi connectivity index (χ1v) is 13.2. The van der Waals surface area contributed by atoms with Crippen LogP contribution in [0.5, 0.6) is 11.5 Å². The van der Waals surface area contributed by atoms with E-state index >= 15 is 0 Å². The standard InChI is InChI=1S/C30H33FO5/c1-28(11-5-6-12-28)35-25-14-22(9-10-24(25)31)26(32)36-30-17-20-13-21(18-30)16-29(15-20,19-30)27(33)34-23-7-3-2-4-8-23/h2-4,7-10,14,20-21H,5-6,11-13,15-19H2,1H3. The normalized spacial score (nSPS) is 31.7. The number of rotatable bonds is 6. The molecule has 6 heteroatoms. The molecule has 5 aliphatic rings. The molecule has 2 aromatic rings. The van der Waals surface area contributed by atoms with Crippen molar-refractivity contribution >= 4 is 11.9 Å². The lowest BCUT2D eigenvalue weighted by Gasteiger charge is -2.59. The van der Waals surface area contributed by atoms with Gasteiger partial charge in [0, 0.05) is 6.42 Å². The Hall–Kier alpha value is -2.89. The van der Waals surface area contributed by atoms with E-state index in [4.69, 9.17) is 14.2 Å². The zero-order chi connectivity index (χ0) is 25.0. The van der Waals surface area contributed by atoms with E-state index in [1.54, 1.807) is 12.1 Å². The van der Waals surface area contributed by atoms with Gasteiger partial charge in [0.15, 0.2) is 11.6 Å². The molecular formula is C30H33FO5. The third kappa shape index (κ3) is 4.29. The summed E-state index contributed by atoms with van der Waals surface area (Å²) >= 11 is 0. The summed E-state index contributed by atoms with van der Waals surface area (Å²) in [6.45, 7) is 1.99. The molecule has 0 aromatic heterocycles. The molecule has 0 amide bonds. The molecule has 0 radical (unpaired) electrons. The minimum Gasteiger partial charge on any atom is -0.484 e. The van der Waals surface area contributed by atoms with Gasteiger partial charge in [0.2, 0.25) is 0 Å². The second kappa shape index (κ2) is 8.60. The van der Waals surface area contributed by atoms with Crippen LogP contribution in [0, 0.1) is 23.1 Å². The van der Waals surface area contributed by atoms with Gasteiger partial charge in [0.1, 0.15) is 17.0 Å². The van der Waals surface area contributed by atoms with Crippen molar-refractivity contribution in [1.29, 1.82) is 0 Å². The van der Waals surface area contributed by atoms with Crippen LogP contribution in [0.4, 0.5) is 4.39 Å². The van der Waals surface area contributed by atoms with E-state index in [1.165, 1.54) is 18.2 Å². The van der Waals surface area contributed by atoms with E-state index in [0.29, 0.717) is 24.0 Å². The molecule has 7 rings (SSSR count). The van der Waals surface area contributed by atoms with Crippen molar-refractivity contribution in [1.82, 2.24) is 0 Å². The molecule has 2 atom stereocenters. The van der Waals surface area contributed by atoms with E-state index in [2.05, 4.69) is 0 Å². The van der Waals surface area contributed by atoms with Gasteiger partial charge in [-0.1, -0.05) is 18.2 Å². The van der Waals surface area contributed by atoms with Gasteiger partial charge < -0.3 is 14.2 Å². The van der Waals surface area contributed by atoms with Crippen molar-refractivity contribution in [2.45, 2.75) is 82.3 Å². The number of halogens is 1. The Morgan fingerprint density at radius 1 is 0.944 bits per heavy atom. The average Bonchev–Trinajstić information content (AvgIpc) is 3.26. The zero-order valence-corrected chi connectivity index (χ0v) is 20.8. The first-order chi connectivity index (χ1) is 17.3. The minimum absolute atomic E-state index is 0.0993. The second-order valence-electron chi connectivity index (χ2n) is 11.9. The highest BCUT2D eigenvalue weighted by molar-refractivity contribution is 5.90. The quantitative estimate of drug-likeness (QED) is 0.334. The van der Waals surface area contributed by atoms with Crippen molar-refractivity contribution in [2.75, 3.05) is 0 Å². The monoisotopic (exact) mass is 492 g/mol. The van der Waals surface area contributed by atoms with Crippen molar-refractivity contribution < 1.29 is 28.2 Å². The Balaban J connectivity index is 1.21. The van der Waals surface area contributed by atoms with Gasteiger partial charge in [-0.25, -0.2) is 9.18 Å². The molecule has 4 bridgehead atoms. The molecule has 2 aromatic carbocycles. The number of para-hydroxylation sites is 1. The van der Waals surface area contributed by atoms with Crippen molar-refractivity contribution in [3.05, 3.63) is 59.9 Å². The molecule has 36 heavy (non-hydrogen) atoms. The maximum absolute atomic E-state index is 14.6. The van der Waals surface area contributed by atoms with Gasteiger partial charge in [-0.3, -0.25) is 4.79 Å². The minimum atomic E-state index is -0.691. The van der Waals surface area contributed by atoms with Gasteiger partial charge in [-0.15, -0.1) is 0 Å². The molecular weight excluding hydrogens is 459 g/mol. The van der Waals surface area contributed by atoms with Gasteiger partial charge in [0.25, 0.3) is 0 Å². The Kier molecular flexibility index (Phi) is 5.62. The molecule has 190 valence electrons. The van der Waals surface area contributed by atoms with Crippen LogP contribution in [0.25, 0.3) is 0 Å². The Labute approximate surface area is 211 Å². The predicted molar refractivity (Wildman–Crippen MR) is 131 cm³/mol. The zero-order valence-electron chi connectivity index (χ0n) is 20.8. The molecule has 0 saturated heterocycles. The molecule has 0 aliphatic heterocycles. The third-order valence-electron chi connectivity index (χ3n) is 8.89. The summed E-state index contributed by atoms with van der Waals surface area (Å²) in [5, 5.41) is 0. The van der Waals surface area contributed by atoms with E-state index in [9.17, 15) is 14.0 Å². The van der Waals surface area contributed by atoms with Crippen LogP contribution in [-0.4, -0.2) is 23.1 Å². The Morgan fingerprint density at radius 3 is 2.33 bits per heavy atom. The smallest absolute Gasteiger partial charge is 0.338 e. The highest BCUT2D eigenvalue weighted by atomic mass is 19.1. The van der Waals surface area contributed by atoms with Crippen LogP contribution >= 0.6 is 0 Å². The van der Waals surface area contributed by atoms with Crippen LogP contribution in [-0.2, 0) is 9.53 Å². The molecule has 5 saturated carbocycles. The molecule has 5 aliphatic carbocycles. The number of carbonyl (C=O) groups excluding carboxylic acids is 2. The number of carbonyl (C=O) groups is 2. The number of hydrogen-bond donors (Lipinski definition) is 0. The average molecular weight is 493 g/mol. The Morgan fingerprint density at radius 2 is 1.64 bits per heavy atom. The molecule has 5 fully saturated rings. The predicted octanol–water partition coefficient (Wildman–Crippen LogP) is 6.64. The highest BCUT2D eigenvalue weighted by Gasteiger charge is 2.63. The summed E-state index contributed by atoms with van der Waals surface area (Å²) < 4.78 is 32.6. The summed E-state index contributed by atoms with van der Waals surface area (Å²) in [4.78, 5) is 26.8. The highest BCUT2D eigenvalue weighted by Crippen LogP contribution is 2.63. The third-order valence-corrected chi connectivity index (χ3v) is 8.89. The number of hydrogen-bond acceptors (Lipinski definition) is 5. The lowest BCUT2D eigenvalue weighted by atomic mass is 9.48. The summed E-state index contributed by atoms with van der Waals surface area (Å²) in [6, 6.07) is 13.4. The molecule has 0 N–H and O–H groups in total. The van der Waals surface area contributed by atoms with Crippen molar-refractivity contribution in [3.63, 3.8) is 0 Å². The first kappa shape index (κ1) is 23.5. The fourth-order valence-corrected chi connectivity index (χ4v) is 7.70. The van der Waals surface area contributed by atoms with Gasteiger partial charge >= 0.3 is 11.9 Å². The molecule has 0 spiro atoms. The van der Waals surface area contributed by atoms with Gasteiger partial charge in [-0.05, 0) is 107 Å².